The lowest BCUT2D eigenvalue weighted by Gasteiger charge is -2.26. The molecule has 1 fully saturated rings. The molecule has 3 heterocycles. The molecule has 8 heteroatoms. The number of ether oxygens (including phenoxy) is 1. The van der Waals surface area contributed by atoms with E-state index in [0.717, 1.165) is 68.4 Å². The second-order valence-electron chi connectivity index (χ2n) is 7.12. The van der Waals surface area contributed by atoms with Gasteiger partial charge in [-0.1, -0.05) is 17.7 Å². The normalized spacial score (nSPS) is 14.4. The van der Waals surface area contributed by atoms with Crippen molar-refractivity contribution in [2.75, 3.05) is 50.0 Å². The third-order valence-corrected chi connectivity index (χ3v) is 5.08. The van der Waals surface area contributed by atoms with Crippen LogP contribution in [0, 0.1) is 0 Å². The summed E-state index contributed by atoms with van der Waals surface area (Å²) in [5, 5.41) is 7.36. The Balaban J connectivity index is 1.36. The van der Waals surface area contributed by atoms with Crippen molar-refractivity contribution in [2.45, 2.75) is 6.42 Å². The maximum Gasteiger partial charge on any atom is 0.149 e. The zero-order valence-electron chi connectivity index (χ0n) is 16.7. The summed E-state index contributed by atoms with van der Waals surface area (Å²) < 4.78 is 5.39. The van der Waals surface area contributed by atoms with Crippen molar-refractivity contribution >= 4 is 28.8 Å². The third-order valence-electron chi connectivity index (χ3n) is 4.85. The zero-order valence-corrected chi connectivity index (χ0v) is 17.5. The quantitative estimate of drug-likeness (QED) is 0.528. The van der Waals surface area contributed by atoms with Crippen LogP contribution in [0.15, 0.2) is 55.1 Å². The monoisotopic (exact) mass is 424 g/mol. The highest BCUT2D eigenvalue weighted by Gasteiger charge is 2.09. The molecule has 1 aliphatic heterocycles. The first-order chi connectivity index (χ1) is 14.8. The number of morpholine rings is 1. The molecule has 1 aliphatic rings. The smallest absolute Gasteiger partial charge is 0.149 e. The second kappa shape index (κ2) is 10.3. The zero-order chi connectivity index (χ0) is 20.6. The molecule has 3 aromatic rings. The van der Waals surface area contributed by atoms with Gasteiger partial charge >= 0.3 is 0 Å². The molecule has 0 bridgehead atoms. The minimum absolute atomic E-state index is 0.652. The summed E-state index contributed by atoms with van der Waals surface area (Å²) in [6.07, 6.45) is 8.13. The standard InChI is InChI=1S/C22H25ClN6O/c23-18-3-1-4-19(12-18)27-22-16-25-15-21(28-22)17-11-20(14-24-13-17)26-5-2-6-29-7-9-30-10-8-29/h1,3-4,11-16,26H,2,5-10H2,(H,27,28). The molecule has 30 heavy (non-hydrogen) atoms. The molecule has 156 valence electrons. The molecule has 4 rings (SSSR count). The number of nitrogens with zero attached hydrogens (tertiary/aromatic N) is 4. The molecule has 0 aliphatic carbocycles. The lowest BCUT2D eigenvalue weighted by atomic mass is 10.2. The number of benzene rings is 1. The van der Waals surface area contributed by atoms with E-state index in [2.05, 4.69) is 36.6 Å². The van der Waals surface area contributed by atoms with Crippen molar-refractivity contribution in [2.24, 2.45) is 0 Å². The van der Waals surface area contributed by atoms with Crippen LogP contribution in [0.25, 0.3) is 11.3 Å². The predicted octanol–water partition coefficient (Wildman–Crippen LogP) is 4.07. The van der Waals surface area contributed by atoms with E-state index in [-0.39, 0.29) is 0 Å². The van der Waals surface area contributed by atoms with E-state index in [9.17, 15) is 0 Å². The summed E-state index contributed by atoms with van der Waals surface area (Å²) in [5.74, 6) is 0.652. The lowest BCUT2D eigenvalue weighted by Crippen LogP contribution is -2.37. The van der Waals surface area contributed by atoms with Gasteiger partial charge in [0.25, 0.3) is 0 Å². The van der Waals surface area contributed by atoms with Crippen LogP contribution >= 0.6 is 11.6 Å². The summed E-state index contributed by atoms with van der Waals surface area (Å²) in [4.78, 5) is 15.8. The maximum atomic E-state index is 6.05. The van der Waals surface area contributed by atoms with Crippen molar-refractivity contribution in [3.8, 4) is 11.3 Å². The maximum absolute atomic E-state index is 6.05. The molecule has 0 atom stereocenters. The molecule has 1 saturated heterocycles. The molecular weight excluding hydrogens is 400 g/mol. The number of pyridine rings is 1. The molecule has 0 radical (unpaired) electrons. The van der Waals surface area contributed by atoms with Gasteiger partial charge < -0.3 is 15.4 Å². The van der Waals surface area contributed by atoms with Gasteiger partial charge in [0.05, 0.1) is 37.0 Å². The first-order valence-corrected chi connectivity index (χ1v) is 10.5. The molecular formula is C22H25ClN6O. The minimum atomic E-state index is 0.652. The average Bonchev–Trinajstić information content (AvgIpc) is 2.78. The summed E-state index contributed by atoms with van der Waals surface area (Å²) in [7, 11) is 0. The second-order valence-corrected chi connectivity index (χ2v) is 7.56. The number of halogens is 1. The van der Waals surface area contributed by atoms with E-state index in [1.165, 1.54) is 0 Å². The van der Waals surface area contributed by atoms with Gasteiger partial charge in [0.1, 0.15) is 5.82 Å². The Morgan fingerprint density at radius 2 is 1.87 bits per heavy atom. The highest BCUT2D eigenvalue weighted by atomic mass is 35.5. The Morgan fingerprint density at radius 3 is 2.73 bits per heavy atom. The van der Waals surface area contributed by atoms with Gasteiger partial charge in [-0.05, 0) is 37.2 Å². The third kappa shape index (κ3) is 5.89. The molecule has 2 N–H and O–H groups in total. The molecule has 0 spiro atoms. The molecule has 7 nitrogen and oxygen atoms in total. The number of aromatic nitrogens is 3. The fourth-order valence-corrected chi connectivity index (χ4v) is 3.51. The van der Waals surface area contributed by atoms with Crippen LogP contribution in [0.3, 0.4) is 0 Å². The van der Waals surface area contributed by atoms with Crippen molar-refractivity contribution in [3.63, 3.8) is 0 Å². The summed E-state index contributed by atoms with van der Waals surface area (Å²) in [6, 6.07) is 9.55. The van der Waals surface area contributed by atoms with Gasteiger partial charge in [0, 0.05) is 48.3 Å². The number of anilines is 3. The number of hydrogen-bond donors (Lipinski definition) is 2. The van der Waals surface area contributed by atoms with E-state index in [1.807, 2.05) is 30.5 Å². The van der Waals surface area contributed by atoms with Gasteiger partial charge in [-0.15, -0.1) is 0 Å². The molecule has 0 amide bonds. The molecule has 2 aromatic heterocycles. The van der Waals surface area contributed by atoms with Crippen molar-refractivity contribution in [3.05, 3.63) is 60.1 Å². The Morgan fingerprint density at radius 1 is 1.00 bits per heavy atom. The van der Waals surface area contributed by atoms with E-state index in [1.54, 1.807) is 18.6 Å². The SMILES string of the molecule is Clc1cccc(Nc2cncc(-c3cncc(NCCCN4CCOCC4)c3)n2)c1. The summed E-state index contributed by atoms with van der Waals surface area (Å²) in [5.41, 5.74) is 3.51. The number of nitrogens with one attached hydrogen (secondary N) is 2. The van der Waals surface area contributed by atoms with Crippen LogP contribution in [0.4, 0.5) is 17.2 Å². The van der Waals surface area contributed by atoms with Crippen LogP contribution in [0.2, 0.25) is 5.02 Å². The Bertz CT molecular complexity index is 964. The highest BCUT2D eigenvalue weighted by Crippen LogP contribution is 2.23. The van der Waals surface area contributed by atoms with Gasteiger partial charge in [-0.25, -0.2) is 4.98 Å². The Kier molecular flexibility index (Phi) is 7.07. The van der Waals surface area contributed by atoms with Gasteiger partial charge in [0.2, 0.25) is 0 Å². The molecule has 1 aromatic carbocycles. The summed E-state index contributed by atoms with van der Waals surface area (Å²) >= 11 is 6.05. The van der Waals surface area contributed by atoms with Gasteiger partial charge in [-0.3, -0.25) is 14.9 Å². The van der Waals surface area contributed by atoms with Crippen LogP contribution in [-0.2, 0) is 4.74 Å². The fourth-order valence-electron chi connectivity index (χ4n) is 3.32. The average molecular weight is 425 g/mol. The van der Waals surface area contributed by atoms with Crippen LogP contribution in [0.1, 0.15) is 6.42 Å². The van der Waals surface area contributed by atoms with Crippen molar-refractivity contribution < 1.29 is 4.74 Å². The Hall–Kier alpha value is -2.74. The predicted molar refractivity (Wildman–Crippen MR) is 120 cm³/mol. The van der Waals surface area contributed by atoms with E-state index < -0.39 is 0 Å². The van der Waals surface area contributed by atoms with Gasteiger partial charge in [-0.2, -0.15) is 0 Å². The van der Waals surface area contributed by atoms with Crippen LogP contribution in [0.5, 0.6) is 0 Å². The van der Waals surface area contributed by atoms with E-state index in [4.69, 9.17) is 16.3 Å². The number of hydrogen-bond acceptors (Lipinski definition) is 7. The summed E-state index contributed by atoms with van der Waals surface area (Å²) in [6.45, 7) is 5.69. The fraction of sp³-hybridized carbons (Fsp3) is 0.318. The number of rotatable bonds is 8. The lowest BCUT2D eigenvalue weighted by molar-refractivity contribution is 0.0378. The van der Waals surface area contributed by atoms with Crippen molar-refractivity contribution in [1.29, 1.82) is 0 Å². The van der Waals surface area contributed by atoms with Crippen molar-refractivity contribution in [1.82, 2.24) is 19.9 Å². The minimum Gasteiger partial charge on any atom is -0.384 e. The van der Waals surface area contributed by atoms with Gasteiger partial charge in [0.15, 0.2) is 0 Å². The molecule has 0 unspecified atom stereocenters. The first-order valence-electron chi connectivity index (χ1n) is 10.1. The first kappa shape index (κ1) is 20.5. The largest absolute Gasteiger partial charge is 0.384 e. The van der Waals surface area contributed by atoms with Crippen LogP contribution in [-0.4, -0.2) is 59.2 Å². The topological polar surface area (TPSA) is 75.2 Å². The van der Waals surface area contributed by atoms with E-state index >= 15 is 0 Å². The highest BCUT2D eigenvalue weighted by molar-refractivity contribution is 6.30. The Labute approximate surface area is 181 Å². The van der Waals surface area contributed by atoms with Crippen LogP contribution < -0.4 is 10.6 Å². The van der Waals surface area contributed by atoms with E-state index in [0.29, 0.717) is 10.8 Å². The molecule has 0 saturated carbocycles.